The first-order valence-corrected chi connectivity index (χ1v) is 15.0. The number of rotatable bonds is 8. The minimum Gasteiger partial charge on any atom is -0.383 e. The van der Waals surface area contributed by atoms with Gasteiger partial charge >= 0.3 is 0 Å². The molecule has 2 aromatic carbocycles. The molecule has 2 heterocycles. The lowest BCUT2D eigenvalue weighted by molar-refractivity contribution is -0.124. The lowest BCUT2D eigenvalue weighted by atomic mass is 10.3. The van der Waals surface area contributed by atoms with Crippen LogP contribution in [0.2, 0.25) is 0 Å². The molecule has 4 rings (SSSR count). The van der Waals surface area contributed by atoms with Gasteiger partial charge in [0.2, 0.25) is 20.0 Å². The van der Waals surface area contributed by atoms with Crippen LogP contribution >= 0.6 is 0 Å². The van der Waals surface area contributed by atoms with Gasteiger partial charge in [0.15, 0.2) is 0 Å². The Morgan fingerprint density at radius 3 is 1.62 bits per heavy atom. The maximum Gasteiger partial charge on any atom is 0.255 e. The Bertz CT molecular complexity index is 1410. The second-order valence-electron chi connectivity index (χ2n) is 8.86. The lowest BCUT2D eigenvalue weighted by Crippen LogP contribution is -2.29. The predicted octanol–water partition coefficient (Wildman–Crippen LogP) is 0.283. The number of likely N-dealkylation sites (N-methyl/N-ethyl adjacent to an activating group) is 1. The fourth-order valence-corrected chi connectivity index (χ4v) is 5.90. The Labute approximate surface area is 228 Å². The van der Waals surface area contributed by atoms with Gasteiger partial charge in [0.05, 0.1) is 9.79 Å². The average Bonchev–Trinajstić information content (AvgIpc) is 3.44. The summed E-state index contributed by atoms with van der Waals surface area (Å²) in [6, 6.07) is 12.0. The molecule has 0 unspecified atom stereocenters. The molecule has 3 N–H and O–H groups in total. The quantitative estimate of drug-likeness (QED) is 0.375. The zero-order valence-corrected chi connectivity index (χ0v) is 23.2. The maximum atomic E-state index is 12.2. The van der Waals surface area contributed by atoms with E-state index in [0.29, 0.717) is 37.3 Å². The summed E-state index contributed by atoms with van der Waals surface area (Å²) in [5.74, 6) is -0.700. The van der Waals surface area contributed by atoms with E-state index in [1.807, 2.05) is 0 Å². The number of nitrogens with one attached hydrogen (secondary N) is 1. The summed E-state index contributed by atoms with van der Waals surface area (Å²) in [6.45, 7) is 4.61. The number of nitrogens with zero attached hydrogens (tertiary/aromatic N) is 3. The molecule has 0 bridgehead atoms. The van der Waals surface area contributed by atoms with Crippen molar-refractivity contribution in [3.63, 3.8) is 0 Å². The van der Waals surface area contributed by atoms with Crippen LogP contribution < -0.4 is 14.5 Å². The van der Waals surface area contributed by atoms with Crippen molar-refractivity contribution in [2.45, 2.75) is 34.8 Å². The number of anilines is 2. The minimum atomic E-state index is -3.56. The molecule has 14 heteroatoms. The maximum absolute atomic E-state index is 12.2. The van der Waals surface area contributed by atoms with Crippen LogP contribution in [0, 0.1) is 0 Å². The summed E-state index contributed by atoms with van der Waals surface area (Å²) in [5, 5.41) is 18.8. The zero-order valence-electron chi connectivity index (χ0n) is 21.6. The molecule has 0 saturated carbocycles. The van der Waals surface area contributed by atoms with E-state index in [0.717, 1.165) is 0 Å². The van der Waals surface area contributed by atoms with E-state index in [-0.39, 0.29) is 28.2 Å². The molecular formula is C25H32N4O8S2. The molecular weight excluding hydrogens is 548 g/mol. The minimum absolute atomic E-state index is 0.140. The van der Waals surface area contributed by atoms with Gasteiger partial charge in [0.1, 0.15) is 12.2 Å². The fourth-order valence-electron chi connectivity index (χ4n) is 4.02. The molecule has 2 aliphatic heterocycles. The Morgan fingerprint density at radius 1 is 0.872 bits per heavy atom. The second kappa shape index (κ2) is 12.4. The Hall–Kier alpha value is -3.14. The van der Waals surface area contributed by atoms with Crippen LogP contribution in [-0.2, 0) is 29.6 Å². The number of hydrogen-bond acceptors (Lipinski definition) is 8. The van der Waals surface area contributed by atoms with Crippen molar-refractivity contribution in [1.82, 2.24) is 9.03 Å². The lowest BCUT2D eigenvalue weighted by Gasteiger charge is -2.18. The van der Waals surface area contributed by atoms with Gasteiger partial charge in [-0.05, 0) is 55.6 Å². The van der Waals surface area contributed by atoms with Crippen molar-refractivity contribution in [2.24, 2.45) is 0 Å². The first kappa shape index (κ1) is 30.4. The monoisotopic (exact) mass is 580 g/mol. The van der Waals surface area contributed by atoms with Crippen molar-refractivity contribution >= 4 is 43.2 Å². The average molecular weight is 581 g/mol. The van der Waals surface area contributed by atoms with E-state index in [1.165, 1.54) is 58.5 Å². The third-order valence-corrected chi connectivity index (χ3v) is 9.59. The molecule has 2 amide bonds. The van der Waals surface area contributed by atoms with Gasteiger partial charge < -0.3 is 20.0 Å². The Kier molecular flexibility index (Phi) is 9.64. The van der Waals surface area contributed by atoms with Crippen molar-refractivity contribution in [3.05, 3.63) is 61.2 Å². The second-order valence-corrected chi connectivity index (χ2v) is 12.8. The molecule has 0 spiro atoms. The zero-order chi connectivity index (χ0) is 29.0. The number of benzene rings is 2. The molecule has 2 aliphatic rings. The largest absolute Gasteiger partial charge is 0.383 e. The van der Waals surface area contributed by atoms with E-state index >= 15 is 0 Å². The topological polar surface area (TPSA) is 165 Å². The van der Waals surface area contributed by atoms with Gasteiger partial charge in [-0.2, -0.15) is 4.31 Å². The van der Waals surface area contributed by atoms with Crippen LogP contribution in [-0.4, -0.2) is 89.1 Å². The number of sulfonamides is 2. The predicted molar refractivity (Wildman–Crippen MR) is 145 cm³/mol. The fraction of sp³-hybridized carbons (Fsp3) is 0.360. The van der Waals surface area contributed by atoms with Crippen LogP contribution in [0.5, 0.6) is 0 Å². The van der Waals surface area contributed by atoms with Crippen molar-refractivity contribution in [1.29, 1.82) is 0 Å². The number of carbonyl (C=O) groups excluding carboxylic acids is 2. The van der Waals surface area contributed by atoms with E-state index < -0.39 is 32.3 Å². The molecule has 2 saturated heterocycles. The summed E-state index contributed by atoms with van der Waals surface area (Å²) < 4.78 is 50.9. The van der Waals surface area contributed by atoms with Crippen LogP contribution in [0.4, 0.5) is 11.4 Å². The molecule has 0 aliphatic carbocycles. The highest BCUT2D eigenvalue weighted by Gasteiger charge is 2.32. The Morgan fingerprint density at radius 2 is 1.28 bits per heavy atom. The molecule has 12 nitrogen and oxygen atoms in total. The van der Waals surface area contributed by atoms with E-state index in [1.54, 1.807) is 24.3 Å². The highest BCUT2D eigenvalue weighted by atomic mass is 32.2. The number of amides is 2. The number of aliphatic hydroxyl groups excluding tert-OH is 2. The molecule has 2 fully saturated rings. The van der Waals surface area contributed by atoms with Gasteiger partial charge in [0, 0.05) is 50.9 Å². The molecule has 0 radical (unpaired) electrons. The molecule has 212 valence electrons. The van der Waals surface area contributed by atoms with Gasteiger partial charge in [-0.3, -0.25) is 9.59 Å². The number of carbonyl (C=O) groups is 2. The van der Waals surface area contributed by atoms with Gasteiger partial charge in [-0.1, -0.05) is 6.08 Å². The third kappa shape index (κ3) is 6.72. The third-order valence-electron chi connectivity index (χ3n) is 6.32. The SMILES string of the molecule is C=CCN(C)S(=O)(=O)c1ccc(N2CC[C@@H](O)C2=O)cc1.CNS(=O)(=O)c1ccc(N2CC[C@@H](O)C2=O)cc1. The smallest absolute Gasteiger partial charge is 0.255 e. The van der Waals surface area contributed by atoms with E-state index in [2.05, 4.69) is 11.3 Å². The molecule has 39 heavy (non-hydrogen) atoms. The van der Waals surface area contributed by atoms with E-state index in [4.69, 9.17) is 0 Å². The van der Waals surface area contributed by atoms with Crippen LogP contribution in [0.15, 0.2) is 71.0 Å². The number of hydrogen-bond donors (Lipinski definition) is 3. The van der Waals surface area contributed by atoms with E-state index in [9.17, 15) is 36.6 Å². The van der Waals surface area contributed by atoms with Gasteiger partial charge in [0.25, 0.3) is 11.8 Å². The van der Waals surface area contributed by atoms with Crippen molar-refractivity contribution in [3.8, 4) is 0 Å². The van der Waals surface area contributed by atoms with Gasteiger partial charge in [-0.25, -0.2) is 21.6 Å². The summed E-state index contributed by atoms with van der Waals surface area (Å²) in [5.41, 5.74) is 1.17. The molecule has 2 atom stereocenters. The number of aliphatic hydroxyl groups is 2. The first-order valence-electron chi connectivity index (χ1n) is 12.0. The summed E-state index contributed by atoms with van der Waals surface area (Å²) in [6.07, 6.45) is 0.380. The van der Waals surface area contributed by atoms with Gasteiger partial charge in [-0.15, -0.1) is 6.58 Å². The van der Waals surface area contributed by atoms with Crippen LogP contribution in [0.3, 0.4) is 0 Å². The Balaban J connectivity index is 0.000000218. The standard InChI is InChI=1S/C14H18N2O4S.C11H14N2O4S/c1-3-9-15(2)21(19,20)12-6-4-11(5-7-12)16-10-8-13(17)14(16)18;1-12-18(16,17)9-4-2-8(3-5-9)13-7-6-10(14)11(13)15/h3-7,13,17H,1,8-10H2,2H3;2-5,10,12,14H,6-7H2,1H3/t13-;10-/m11/s1. The van der Waals surface area contributed by atoms with Crippen LogP contribution in [0.25, 0.3) is 0 Å². The highest BCUT2D eigenvalue weighted by molar-refractivity contribution is 7.89. The first-order chi connectivity index (χ1) is 18.3. The van der Waals surface area contributed by atoms with Crippen LogP contribution in [0.1, 0.15) is 12.8 Å². The highest BCUT2D eigenvalue weighted by Crippen LogP contribution is 2.25. The summed E-state index contributed by atoms with van der Waals surface area (Å²) in [7, 11) is -4.21. The normalized spacial score (nSPS) is 19.8. The summed E-state index contributed by atoms with van der Waals surface area (Å²) >= 11 is 0. The molecule has 2 aromatic rings. The van der Waals surface area contributed by atoms with Crippen molar-refractivity contribution < 1.29 is 36.6 Å². The molecule has 0 aromatic heterocycles. The van der Waals surface area contributed by atoms with Crippen molar-refractivity contribution in [2.75, 3.05) is 43.5 Å². The summed E-state index contributed by atoms with van der Waals surface area (Å²) in [4.78, 5) is 26.5.